The molecule has 3 nitrogen and oxygen atoms in total. The SMILES string of the molecule is CC(C)CC[C@@H]1c2ccc(C(F)(F)F)cc2C(C)c2cc3c(n21)C(CC(=O)O)CCC3. The van der Waals surface area contributed by atoms with Gasteiger partial charge >= 0.3 is 12.1 Å². The van der Waals surface area contributed by atoms with Gasteiger partial charge in [0.2, 0.25) is 0 Å². The van der Waals surface area contributed by atoms with E-state index in [1.807, 2.05) is 6.92 Å². The van der Waals surface area contributed by atoms with Gasteiger partial charge in [-0.1, -0.05) is 26.8 Å². The van der Waals surface area contributed by atoms with E-state index in [2.05, 4.69) is 24.5 Å². The molecule has 2 heterocycles. The first-order chi connectivity index (χ1) is 14.6. The highest BCUT2D eigenvalue weighted by atomic mass is 19.4. The van der Waals surface area contributed by atoms with Crippen LogP contribution in [0.15, 0.2) is 24.3 Å². The fraction of sp³-hybridized carbons (Fsp3) is 0.560. The Bertz CT molecular complexity index is 989. The van der Waals surface area contributed by atoms with Crippen molar-refractivity contribution in [1.82, 2.24) is 4.57 Å². The number of carboxylic acid groups (broad SMARTS) is 1. The van der Waals surface area contributed by atoms with Gasteiger partial charge in [0.25, 0.3) is 0 Å². The molecule has 3 atom stereocenters. The van der Waals surface area contributed by atoms with Crippen LogP contribution in [0.1, 0.15) is 104 Å². The summed E-state index contributed by atoms with van der Waals surface area (Å²) >= 11 is 0. The number of hydrogen-bond donors (Lipinski definition) is 1. The Balaban J connectivity index is 1.88. The van der Waals surface area contributed by atoms with Crippen molar-refractivity contribution in [2.24, 2.45) is 5.92 Å². The van der Waals surface area contributed by atoms with E-state index >= 15 is 0 Å². The lowest BCUT2D eigenvalue weighted by atomic mass is 9.82. The molecule has 2 aromatic rings. The number of carbonyl (C=O) groups is 1. The minimum Gasteiger partial charge on any atom is -0.481 e. The topological polar surface area (TPSA) is 42.2 Å². The van der Waals surface area contributed by atoms with E-state index in [-0.39, 0.29) is 24.3 Å². The van der Waals surface area contributed by atoms with Crippen LogP contribution in [-0.4, -0.2) is 15.6 Å². The predicted molar refractivity (Wildman–Crippen MR) is 114 cm³/mol. The number of rotatable bonds is 5. The molecule has 2 aliphatic rings. The van der Waals surface area contributed by atoms with Crippen LogP contribution in [0.4, 0.5) is 13.2 Å². The van der Waals surface area contributed by atoms with Crippen LogP contribution in [0.5, 0.6) is 0 Å². The van der Waals surface area contributed by atoms with Gasteiger partial charge in [0.05, 0.1) is 18.0 Å². The smallest absolute Gasteiger partial charge is 0.416 e. The molecule has 2 unspecified atom stereocenters. The third kappa shape index (κ3) is 4.01. The number of alkyl halides is 3. The molecule has 0 saturated heterocycles. The quantitative estimate of drug-likeness (QED) is 0.558. The number of aliphatic carboxylic acids is 1. The molecule has 1 aromatic carbocycles. The van der Waals surface area contributed by atoms with Crippen LogP contribution in [0, 0.1) is 5.92 Å². The van der Waals surface area contributed by atoms with Gasteiger partial charge in [-0.2, -0.15) is 13.2 Å². The van der Waals surface area contributed by atoms with Crippen molar-refractivity contribution in [1.29, 1.82) is 0 Å². The molecular weight excluding hydrogens is 403 g/mol. The standard InChI is InChI=1S/C25H30F3NO2/c1-14(2)7-10-21-19-9-8-18(25(26,27)28)13-20(19)15(3)22-11-16-5-4-6-17(12-23(30)31)24(16)29(21)22/h8-9,11,13-15,17,21H,4-7,10,12H2,1-3H3,(H,30,31)/t15?,17?,21-/m1/s1. The Kier molecular flexibility index (Phi) is 5.69. The second-order valence-electron chi connectivity index (χ2n) is 9.59. The normalized spacial score (nSPS) is 22.7. The zero-order valence-corrected chi connectivity index (χ0v) is 18.3. The van der Waals surface area contributed by atoms with Gasteiger partial charge in [-0.3, -0.25) is 4.79 Å². The molecule has 0 amide bonds. The number of aryl methyl sites for hydroxylation is 1. The number of hydrogen-bond acceptors (Lipinski definition) is 1. The van der Waals surface area contributed by atoms with Crippen molar-refractivity contribution in [2.75, 3.05) is 0 Å². The fourth-order valence-corrected chi connectivity index (χ4v) is 5.55. The summed E-state index contributed by atoms with van der Waals surface area (Å²) in [4.78, 5) is 11.5. The molecular formula is C25H30F3NO2. The minimum absolute atomic E-state index is 0.0419. The van der Waals surface area contributed by atoms with Crippen LogP contribution < -0.4 is 0 Å². The first-order valence-electron chi connectivity index (χ1n) is 11.2. The lowest BCUT2D eigenvalue weighted by molar-refractivity contribution is -0.138. The van der Waals surface area contributed by atoms with Crippen molar-refractivity contribution in [3.05, 3.63) is 57.9 Å². The maximum absolute atomic E-state index is 13.4. The molecule has 168 valence electrons. The third-order valence-corrected chi connectivity index (χ3v) is 7.01. The predicted octanol–water partition coefficient (Wildman–Crippen LogP) is 6.89. The number of aromatic nitrogens is 1. The first-order valence-corrected chi connectivity index (χ1v) is 11.2. The first kappa shape index (κ1) is 22.0. The Morgan fingerprint density at radius 1 is 1.23 bits per heavy atom. The molecule has 1 aromatic heterocycles. The van der Waals surface area contributed by atoms with Crippen molar-refractivity contribution in [3.8, 4) is 0 Å². The second kappa shape index (κ2) is 8.03. The highest BCUT2D eigenvalue weighted by molar-refractivity contribution is 5.68. The van der Waals surface area contributed by atoms with E-state index in [0.29, 0.717) is 5.92 Å². The number of benzene rings is 1. The lowest BCUT2D eigenvalue weighted by Crippen LogP contribution is -2.27. The second-order valence-corrected chi connectivity index (χ2v) is 9.59. The van der Waals surface area contributed by atoms with E-state index < -0.39 is 17.7 Å². The van der Waals surface area contributed by atoms with E-state index in [0.717, 1.165) is 54.6 Å². The van der Waals surface area contributed by atoms with Gasteiger partial charge in [-0.15, -0.1) is 0 Å². The average molecular weight is 434 g/mol. The van der Waals surface area contributed by atoms with E-state index in [9.17, 15) is 23.1 Å². The Labute approximate surface area is 181 Å². The molecule has 1 aliphatic heterocycles. The summed E-state index contributed by atoms with van der Waals surface area (Å²) in [5.41, 5.74) is 4.41. The maximum Gasteiger partial charge on any atom is 0.416 e. The van der Waals surface area contributed by atoms with Crippen LogP contribution in [-0.2, 0) is 17.4 Å². The molecule has 0 spiro atoms. The van der Waals surface area contributed by atoms with E-state index in [1.54, 1.807) is 6.07 Å². The van der Waals surface area contributed by atoms with E-state index in [4.69, 9.17) is 0 Å². The van der Waals surface area contributed by atoms with Gasteiger partial charge in [-0.05, 0) is 72.9 Å². The lowest BCUT2D eigenvalue weighted by Gasteiger charge is -2.37. The van der Waals surface area contributed by atoms with Gasteiger partial charge in [-0.25, -0.2) is 0 Å². The Hall–Kier alpha value is -2.24. The number of carboxylic acids is 1. The van der Waals surface area contributed by atoms with E-state index in [1.165, 1.54) is 17.7 Å². The highest BCUT2D eigenvalue weighted by Crippen LogP contribution is 2.48. The summed E-state index contributed by atoms with van der Waals surface area (Å²) < 4.78 is 42.6. The number of fused-ring (bicyclic) bond motifs is 4. The Morgan fingerprint density at radius 3 is 2.61 bits per heavy atom. The monoisotopic (exact) mass is 433 g/mol. The van der Waals surface area contributed by atoms with Crippen molar-refractivity contribution in [2.45, 2.75) is 83.4 Å². The van der Waals surface area contributed by atoms with Crippen molar-refractivity contribution >= 4 is 5.97 Å². The van der Waals surface area contributed by atoms with Crippen LogP contribution >= 0.6 is 0 Å². The van der Waals surface area contributed by atoms with Gasteiger partial charge in [0.1, 0.15) is 0 Å². The fourth-order valence-electron chi connectivity index (χ4n) is 5.55. The molecule has 6 heteroatoms. The molecule has 0 saturated carbocycles. The van der Waals surface area contributed by atoms with Gasteiger partial charge < -0.3 is 9.67 Å². The summed E-state index contributed by atoms with van der Waals surface area (Å²) in [6.07, 6.45) is 0.207. The van der Waals surface area contributed by atoms with Gasteiger partial charge in [0, 0.05) is 23.2 Å². The zero-order valence-electron chi connectivity index (χ0n) is 18.3. The maximum atomic E-state index is 13.4. The zero-order chi connectivity index (χ0) is 22.5. The highest BCUT2D eigenvalue weighted by Gasteiger charge is 2.39. The summed E-state index contributed by atoms with van der Waals surface area (Å²) in [6.45, 7) is 6.28. The summed E-state index contributed by atoms with van der Waals surface area (Å²) in [5, 5.41) is 9.48. The third-order valence-electron chi connectivity index (χ3n) is 7.01. The van der Waals surface area contributed by atoms with Crippen molar-refractivity contribution in [3.63, 3.8) is 0 Å². The van der Waals surface area contributed by atoms with Crippen molar-refractivity contribution < 1.29 is 23.1 Å². The Morgan fingerprint density at radius 2 is 1.97 bits per heavy atom. The summed E-state index contributed by atoms with van der Waals surface area (Å²) in [6, 6.07) is 6.27. The molecule has 0 bridgehead atoms. The molecule has 1 aliphatic carbocycles. The minimum atomic E-state index is -4.37. The van der Waals surface area contributed by atoms with Crippen LogP contribution in [0.2, 0.25) is 0 Å². The molecule has 0 fully saturated rings. The van der Waals surface area contributed by atoms with Gasteiger partial charge in [0.15, 0.2) is 0 Å². The van der Waals surface area contributed by atoms with Crippen LogP contribution in [0.3, 0.4) is 0 Å². The largest absolute Gasteiger partial charge is 0.481 e. The number of nitrogens with zero attached hydrogens (tertiary/aromatic N) is 1. The molecule has 1 N–H and O–H groups in total. The summed E-state index contributed by atoms with van der Waals surface area (Å²) in [7, 11) is 0. The average Bonchev–Trinajstić information content (AvgIpc) is 3.07. The van der Waals surface area contributed by atoms with Crippen LogP contribution in [0.25, 0.3) is 0 Å². The molecule has 31 heavy (non-hydrogen) atoms. The molecule has 0 radical (unpaired) electrons. The summed E-state index contributed by atoms with van der Waals surface area (Å²) in [5.74, 6) is -0.531. The number of halogens is 3. The molecule has 4 rings (SSSR count).